The maximum absolute atomic E-state index is 12.8. The monoisotopic (exact) mass is 523 g/mol. The van der Waals surface area contributed by atoms with Crippen molar-refractivity contribution in [3.63, 3.8) is 0 Å². The number of thiazole rings is 1. The maximum Gasteiger partial charge on any atom is 0.411 e. The van der Waals surface area contributed by atoms with Crippen LogP contribution in [0.15, 0.2) is 24.3 Å². The van der Waals surface area contributed by atoms with Crippen LogP contribution in [0.4, 0.5) is 15.6 Å². The molecule has 1 aromatic carbocycles. The standard InChI is InChI=1S/C27H33N5O4S/c1-16(33)28-26-29-21-11-10-18(14-25(21)37-26)22-15-23(30-27(35)36-20-8-3-2-4-9-20)24(32-31-22)13-17-6-5-7-19(34)12-17/h10-11,14-15,17,19-20,34H,2-9,12-13H2,1H3,(H,28,29,33)(H,30,31,35). The summed E-state index contributed by atoms with van der Waals surface area (Å²) in [5.74, 6) is 0.126. The smallest absolute Gasteiger partial charge is 0.411 e. The number of nitrogens with one attached hydrogen (secondary N) is 2. The molecule has 10 heteroatoms. The molecule has 0 radical (unpaired) electrons. The van der Waals surface area contributed by atoms with Gasteiger partial charge in [0.1, 0.15) is 6.10 Å². The van der Waals surface area contributed by atoms with Gasteiger partial charge in [0.2, 0.25) is 5.91 Å². The van der Waals surface area contributed by atoms with E-state index in [0.717, 1.165) is 67.1 Å². The number of rotatable bonds is 6. The highest BCUT2D eigenvalue weighted by Gasteiger charge is 2.24. The van der Waals surface area contributed by atoms with Crippen molar-refractivity contribution >= 4 is 44.4 Å². The van der Waals surface area contributed by atoms with Gasteiger partial charge in [-0.2, -0.15) is 10.2 Å². The van der Waals surface area contributed by atoms with Gasteiger partial charge in [-0.3, -0.25) is 10.1 Å². The van der Waals surface area contributed by atoms with Crippen molar-refractivity contribution in [2.24, 2.45) is 5.92 Å². The summed E-state index contributed by atoms with van der Waals surface area (Å²) in [6.07, 6.45) is 8.56. The van der Waals surface area contributed by atoms with Crippen molar-refractivity contribution in [2.75, 3.05) is 10.6 Å². The zero-order valence-corrected chi connectivity index (χ0v) is 21.9. The number of anilines is 2. The minimum atomic E-state index is -0.464. The molecule has 0 aliphatic heterocycles. The Bertz CT molecular complexity index is 1270. The summed E-state index contributed by atoms with van der Waals surface area (Å²) in [7, 11) is 0. The second-order valence-electron chi connectivity index (χ2n) is 10.2. The second-order valence-corrected chi connectivity index (χ2v) is 11.2. The van der Waals surface area contributed by atoms with Gasteiger partial charge in [-0.25, -0.2) is 9.78 Å². The lowest BCUT2D eigenvalue weighted by Crippen LogP contribution is -2.26. The van der Waals surface area contributed by atoms with Gasteiger partial charge in [-0.05, 0) is 75.5 Å². The lowest BCUT2D eigenvalue weighted by Gasteiger charge is -2.26. The fourth-order valence-corrected chi connectivity index (χ4v) is 6.25. The molecule has 2 aliphatic carbocycles. The lowest BCUT2D eigenvalue weighted by atomic mass is 9.84. The third kappa shape index (κ3) is 6.61. The van der Waals surface area contributed by atoms with Gasteiger partial charge in [-0.15, -0.1) is 0 Å². The van der Waals surface area contributed by atoms with E-state index in [9.17, 15) is 14.7 Å². The average Bonchev–Trinajstić information content (AvgIpc) is 3.26. The molecular formula is C27H33N5O4S. The number of benzene rings is 1. The fraction of sp³-hybridized carbons (Fsp3) is 0.519. The van der Waals surface area contributed by atoms with E-state index in [2.05, 4.69) is 25.8 Å². The van der Waals surface area contributed by atoms with E-state index < -0.39 is 6.09 Å². The third-order valence-corrected chi connectivity index (χ3v) is 8.07. The van der Waals surface area contributed by atoms with E-state index >= 15 is 0 Å². The van der Waals surface area contributed by atoms with Crippen LogP contribution < -0.4 is 10.6 Å². The molecule has 196 valence electrons. The van der Waals surface area contributed by atoms with Gasteiger partial charge < -0.3 is 15.2 Å². The Labute approximate surface area is 220 Å². The summed E-state index contributed by atoms with van der Waals surface area (Å²) in [6, 6.07) is 7.60. The number of carbonyl (C=O) groups is 2. The molecule has 2 heterocycles. The van der Waals surface area contributed by atoms with Gasteiger partial charge in [0.25, 0.3) is 0 Å². The average molecular weight is 524 g/mol. The van der Waals surface area contributed by atoms with Crippen molar-refractivity contribution in [3.8, 4) is 11.3 Å². The number of aliphatic hydroxyl groups excluding tert-OH is 1. The minimum absolute atomic E-state index is 0.0495. The van der Waals surface area contributed by atoms with Gasteiger partial charge in [-0.1, -0.05) is 30.2 Å². The Balaban J connectivity index is 1.40. The quantitative estimate of drug-likeness (QED) is 0.379. The van der Waals surface area contributed by atoms with Crippen molar-refractivity contribution in [1.82, 2.24) is 15.2 Å². The first kappa shape index (κ1) is 25.5. The summed E-state index contributed by atoms with van der Waals surface area (Å²) < 4.78 is 6.63. The van der Waals surface area contributed by atoms with Crippen LogP contribution in [0.5, 0.6) is 0 Å². The van der Waals surface area contributed by atoms with E-state index in [1.807, 2.05) is 24.3 Å². The molecule has 2 unspecified atom stereocenters. The number of carbonyl (C=O) groups excluding carboxylic acids is 2. The van der Waals surface area contributed by atoms with E-state index in [4.69, 9.17) is 4.74 Å². The number of fused-ring (bicyclic) bond motifs is 1. The predicted molar refractivity (Wildman–Crippen MR) is 144 cm³/mol. The van der Waals surface area contributed by atoms with Crippen LogP contribution >= 0.6 is 11.3 Å². The first-order valence-electron chi connectivity index (χ1n) is 13.1. The predicted octanol–water partition coefficient (Wildman–Crippen LogP) is 5.69. The first-order chi connectivity index (χ1) is 17.9. The summed E-state index contributed by atoms with van der Waals surface area (Å²) in [6.45, 7) is 1.45. The van der Waals surface area contributed by atoms with Gasteiger partial charge in [0, 0.05) is 12.5 Å². The molecule has 2 fully saturated rings. The molecule has 37 heavy (non-hydrogen) atoms. The zero-order valence-electron chi connectivity index (χ0n) is 21.0. The van der Waals surface area contributed by atoms with Crippen molar-refractivity contribution in [3.05, 3.63) is 30.0 Å². The highest BCUT2D eigenvalue weighted by atomic mass is 32.1. The largest absolute Gasteiger partial charge is 0.446 e. The summed E-state index contributed by atoms with van der Waals surface area (Å²) in [5, 5.41) is 25.4. The van der Waals surface area contributed by atoms with Crippen LogP contribution in [0, 0.1) is 5.92 Å². The molecule has 0 saturated heterocycles. The number of amides is 2. The third-order valence-electron chi connectivity index (χ3n) is 7.14. The summed E-state index contributed by atoms with van der Waals surface area (Å²) in [4.78, 5) is 28.7. The number of hydrogen-bond acceptors (Lipinski definition) is 8. The van der Waals surface area contributed by atoms with Crippen molar-refractivity contribution < 1.29 is 19.4 Å². The van der Waals surface area contributed by atoms with Crippen LogP contribution in [0.3, 0.4) is 0 Å². The first-order valence-corrected chi connectivity index (χ1v) is 14.0. The highest BCUT2D eigenvalue weighted by Crippen LogP contribution is 2.33. The number of ether oxygens (including phenoxy) is 1. The number of hydrogen-bond donors (Lipinski definition) is 3. The second kappa shape index (κ2) is 11.5. The van der Waals surface area contributed by atoms with Gasteiger partial charge in [0.15, 0.2) is 5.13 Å². The van der Waals surface area contributed by atoms with Crippen LogP contribution in [-0.2, 0) is 16.0 Å². The molecule has 2 aliphatic rings. The van der Waals surface area contributed by atoms with E-state index in [-0.39, 0.29) is 18.1 Å². The summed E-state index contributed by atoms with van der Waals surface area (Å²) >= 11 is 1.39. The van der Waals surface area contributed by atoms with Crippen LogP contribution in [0.1, 0.15) is 70.4 Å². The fourth-order valence-electron chi connectivity index (χ4n) is 5.30. The molecule has 2 amide bonds. The molecule has 5 rings (SSSR count). The molecule has 3 N–H and O–H groups in total. The molecule has 9 nitrogen and oxygen atoms in total. The van der Waals surface area contributed by atoms with Gasteiger partial charge in [0.05, 0.1) is 33.4 Å². The normalized spacial score (nSPS) is 20.5. The van der Waals surface area contributed by atoms with Crippen molar-refractivity contribution in [1.29, 1.82) is 0 Å². The minimum Gasteiger partial charge on any atom is -0.446 e. The highest BCUT2D eigenvalue weighted by molar-refractivity contribution is 7.22. The molecule has 2 atom stereocenters. The van der Waals surface area contributed by atoms with Gasteiger partial charge >= 0.3 is 6.09 Å². The Morgan fingerprint density at radius 2 is 1.89 bits per heavy atom. The molecule has 3 aromatic rings. The Hall–Kier alpha value is -3.11. The molecule has 2 aromatic heterocycles. The van der Waals surface area contributed by atoms with Crippen LogP contribution in [0.2, 0.25) is 0 Å². The zero-order chi connectivity index (χ0) is 25.8. The van der Waals surface area contributed by atoms with Crippen LogP contribution in [-0.4, -0.2) is 44.5 Å². The van der Waals surface area contributed by atoms with Crippen molar-refractivity contribution in [2.45, 2.75) is 83.3 Å². The SMILES string of the molecule is CC(=O)Nc1nc2ccc(-c3cc(NC(=O)OC4CCCCC4)c(CC4CCCC(O)C4)nn3)cc2s1. The van der Waals surface area contributed by atoms with E-state index in [0.29, 0.717) is 34.5 Å². The van der Waals surface area contributed by atoms with E-state index in [1.165, 1.54) is 24.7 Å². The summed E-state index contributed by atoms with van der Waals surface area (Å²) in [5.41, 5.74) is 3.54. The molecule has 2 saturated carbocycles. The number of nitrogens with zero attached hydrogens (tertiary/aromatic N) is 3. The number of aromatic nitrogens is 3. The Kier molecular flexibility index (Phi) is 7.95. The maximum atomic E-state index is 12.8. The Morgan fingerprint density at radius 3 is 2.68 bits per heavy atom. The Morgan fingerprint density at radius 1 is 1.05 bits per heavy atom. The number of aliphatic hydroxyl groups is 1. The molecule has 0 spiro atoms. The van der Waals surface area contributed by atoms with E-state index in [1.54, 1.807) is 0 Å². The lowest BCUT2D eigenvalue weighted by molar-refractivity contribution is -0.114. The topological polar surface area (TPSA) is 126 Å². The molecular weight excluding hydrogens is 490 g/mol. The molecule has 0 bridgehead atoms. The van der Waals surface area contributed by atoms with Crippen LogP contribution in [0.25, 0.3) is 21.5 Å².